The van der Waals surface area contributed by atoms with Gasteiger partial charge < -0.3 is 9.80 Å². The topological polar surface area (TPSA) is 24.3 Å². The van der Waals surface area contributed by atoms with E-state index >= 15 is 0 Å². The Morgan fingerprint density at radius 1 is 0.441 bits per heavy atom. The van der Waals surface area contributed by atoms with Gasteiger partial charge in [-0.05, 0) is 93.6 Å². The zero-order valence-electron chi connectivity index (χ0n) is 36.1. The van der Waals surface area contributed by atoms with Gasteiger partial charge in [-0.25, -0.2) is 4.98 Å². The van der Waals surface area contributed by atoms with E-state index < -0.39 is 0 Å². The van der Waals surface area contributed by atoms with Gasteiger partial charge in [0, 0.05) is 28.3 Å². The van der Waals surface area contributed by atoms with Crippen LogP contribution in [-0.4, -0.2) is 22.9 Å². The Labute approximate surface area is 351 Å². The lowest BCUT2D eigenvalue weighted by Crippen LogP contribution is -2.52. The summed E-state index contributed by atoms with van der Waals surface area (Å²) in [6.45, 7) is 21.4. The fraction of sp³-hybridized carbons (Fsp3) is 0.241. The molecule has 0 aliphatic carbocycles. The van der Waals surface area contributed by atoms with Crippen molar-refractivity contribution in [2.24, 2.45) is 0 Å². The zero-order chi connectivity index (χ0) is 41.3. The Hall–Kier alpha value is -6.07. The minimum Gasteiger partial charge on any atom is -0.321 e. The van der Waals surface area contributed by atoms with Crippen molar-refractivity contribution in [3.63, 3.8) is 0 Å². The normalized spacial score (nSPS) is 13.4. The molecule has 9 rings (SSSR count). The van der Waals surface area contributed by atoms with Crippen molar-refractivity contribution in [3.05, 3.63) is 175 Å². The van der Waals surface area contributed by atoms with Crippen molar-refractivity contribution < 1.29 is 0 Å². The molecule has 59 heavy (non-hydrogen) atoms. The minimum atomic E-state index is -0.0773. The summed E-state index contributed by atoms with van der Waals surface area (Å²) >= 11 is 0. The summed E-state index contributed by atoms with van der Waals surface area (Å²) in [4.78, 5) is 9.98. The van der Waals surface area contributed by atoms with Gasteiger partial charge >= 0.3 is 0 Å². The Morgan fingerprint density at radius 2 is 1.05 bits per heavy atom. The van der Waals surface area contributed by atoms with Crippen LogP contribution in [-0.2, 0) is 16.2 Å². The molecule has 6 aromatic carbocycles. The van der Waals surface area contributed by atoms with E-state index in [-0.39, 0.29) is 23.0 Å². The SMILES string of the molecule is CC(C)(C)c1cccc(N2CN(c3cc(B(c4ccccc4)c4ccc5c6ccccc6n(-c6cc(C(C)(C)C)ccn6)c5c4)cc(C(C)(C)C)c3)c3ccccc32)c1. The van der Waals surface area contributed by atoms with Crippen LogP contribution >= 0.6 is 0 Å². The largest absolute Gasteiger partial charge is 0.321 e. The van der Waals surface area contributed by atoms with Gasteiger partial charge in [0.1, 0.15) is 12.5 Å². The van der Waals surface area contributed by atoms with Crippen LogP contribution in [0.15, 0.2) is 158 Å². The van der Waals surface area contributed by atoms with E-state index in [1.165, 1.54) is 66.6 Å². The van der Waals surface area contributed by atoms with Crippen LogP contribution in [0.3, 0.4) is 0 Å². The van der Waals surface area contributed by atoms with E-state index in [4.69, 9.17) is 4.98 Å². The summed E-state index contributed by atoms with van der Waals surface area (Å²) in [5.41, 5.74) is 14.9. The van der Waals surface area contributed by atoms with E-state index in [9.17, 15) is 0 Å². The molecule has 0 saturated carbocycles. The summed E-state index contributed by atoms with van der Waals surface area (Å²) in [6, 6.07) is 56.6. The third-order valence-electron chi connectivity index (χ3n) is 12.2. The number of aromatic nitrogens is 2. The highest BCUT2D eigenvalue weighted by molar-refractivity contribution is 6.95. The maximum atomic E-state index is 5.00. The van der Waals surface area contributed by atoms with Crippen molar-refractivity contribution >= 4 is 67.7 Å². The van der Waals surface area contributed by atoms with Crippen molar-refractivity contribution in [3.8, 4) is 5.82 Å². The maximum Gasteiger partial charge on any atom is 0.241 e. The van der Waals surface area contributed by atoms with E-state index in [1.54, 1.807) is 0 Å². The van der Waals surface area contributed by atoms with Crippen LogP contribution in [0.25, 0.3) is 27.6 Å². The van der Waals surface area contributed by atoms with Gasteiger partial charge in [-0.1, -0.05) is 170 Å². The standard InChI is InChI=1S/C54H55BN4/c1-52(2,3)37-18-17-21-43(31-37)57-36-58(49-25-16-15-24-48(49)57)44-32-39(54(7,8)9)30-42(34-44)55(40-19-11-10-12-20-40)41-26-27-46-45-22-13-14-23-47(45)59(50(46)35-41)51-33-38(28-29-56-51)53(4,5)6/h10-35H,36H2,1-9H3. The Morgan fingerprint density at radius 3 is 1.76 bits per heavy atom. The molecule has 0 bridgehead atoms. The first-order chi connectivity index (χ1) is 28.1. The quantitative estimate of drug-likeness (QED) is 0.157. The number of anilines is 4. The number of fused-ring (bicyclic) bond motifs is 4. The summed E-state index contributed by atoms with van der Waals surface area (Å²) < 4.78 is 2.37. The van der Waals surface area contributed by atoms with E-state index in [0.29, 0.717) is 0 Å². The molecule has 0 atom stereocenters. The maximum absolute atomic E-state index is 5.00. The molecule has 0 saturated heterocycles. The summed E-state index contributed by atoms with van der Waals surface area (Å²) in [7, 11) is 0. The highest BCUT2D eigenvalue weighted by Crippen LogP contribution is 2.45. The molecule has 0 N–H and O–H groups in total. The number of hydrogen-bond donors (Lipinski definition) is 0. The van der Waals surface area contributed by atoms with Crippen LogP contribution in [0, 0.1) is 0 Å². The molecule has 0 radical (unpaired) electrons. The molecule has 1 aliphatic rings. The predicted octanol–water partition coefficient (Wildman–Crippen LogP) is 11.8. The number of nitrogens with zero attached hydrogens (tertiary/aromatic N) is 4. The fourth-order valence-corrected chi connectivity index (χ4v) is 8.83. The van der Waals surface area contributed by atoms with Crippen molar-refractivity contribution in [1.29, 1.82) is 0 Å². The monoisotopic (exact) mass is 770 g/mol. The lowest BCUT2D eigenvalue weighted by atomic mass is 9.36. The average molecular weight is 771 g/mol. The first-order valence-electron chi connectivity index (χ1n) is 21.1. The van der Waals surface area contributed by atoms with Gasteiger partial charge in [-0.15, -0.1) is 0 Å². The molecule has 1 aliphatic heterocycles. The molecule has 0 unspecified atom stereocenters. The first kappa shape index (κ1) is 38.5. The van der Waals surface area contributed by atoms with Gasteiger partial charge in [0.2, 0.25) is 6.71 Å². The minimum absolute atomic E-state index is 0.000851. The highest BCUT2D eigenvalue weighted by Gasteiger charge is 2.32. The second-order valence-corrected chi connectivity index (χ2v) is 19.5. The van der Waals surface area contributed by atoms with Gasteiger partial charge in [-0.2, -0.15) is 0 Å². The van der Waals surface area contributed by atoms with Crippen LogP contribution in [0.2, 0.25) is 0 Å². The van der Waals surface area contributed by atoms with Crippen LogP contribution in [0.5, 0.6) is 0 Å². The van der Waals surface area contributed by atoms with Gasteiger partial charge in [0.05, 0.1) is 22.4 Å². The fourth-order valence-electron chi connectivity index (χ4n) is 8.83. The molecule has 5 heteroatoms. The molecule has 0 fully saturated rings. The van der Waals surface area contributed by atoms with Crippen molar-refractivity contribution in [2.45, 2.75) is 78.6 Å². The van der Waals surface area contributed by atoms with Gasteiger partial charge in [0.25, 0.3) is 0 Å². The van der Waals surface area contributed by atoms with E-state index in [2.05, 4.69) is 228 Å². The number of pyridine rings is 1. The molecule has 0 amide bonds. The lowest BCUT2D eigenvalue weighted by molar-refractivity contribution is 0.588. The number of rotatable bonds is 6. The second-order valence-electron chi connectivity index (χ2n) is 19.5. The van der Waals surface area contributed by atoms with Crippen molar-refractivity contribution in [1.82, 2.24) is 9.55 Å². The molecule has 8 aromatic rings. The Kier molecular flexibility index (Phi) is 9.35. The zero-order valence-corrected chi connectivity index (χ0v) is 36.1. The number of hydrogen-bond acceptors (Lipinski definition) is 3. The van der Waals surface area contributed by atoms with Crippen molar-refractivity contribution in [2.75, 3.05) is 16.5 Å². The third-order valence-corrected chi connectivity index (χ3v) is 12.2. The molecule has 2 aromatic heterocycles. The average Bonchev–Trinajstić information content (AvgIpc) is 3.77. The molecular weight excluding hydrogens is 715 g/mol. The van der Waals surface area contributed by atoms with Gasteiger partial charge in [0.15, 0.2) is 0 Å². The summed E-state index contributed by atoms with van der Waals surface area (Å²) in [5.74, 6) is 0.944. The Balaban J connectivity index is 1.23. The molecular formula is C54H55BN4. The van der Waals surface area contributed by atoms with Crippen LogP contribution < -0.4 is 26.2 Å². The third kappa shape index (κ3) is 7.11. The number of para-hydroxylation sites is 3. The molecule has 3 heterocycles. The lowest BCUT2D eigenvalue weighted by Gasteiger charge is -2.28. The van der Waals surface area contributed by atoms with Gasteiger partial charge in [-0.3, -0.25) is 4.57 Å². The summed E-state index contributed by atoms with van der Waals surface area (Å²) in [5, 5.41) is 2.46. The second kappa shape index (κ2) is 14.3. The molecule has 4 nitrogen and oxygen atoms in total. The summed E-state index contributed by atoms with van der Waals surface area (Å²) in [6.07, 6.45) is 1.96. The molecule has 0 spiro atoms. The van der Waals surface area contributed by atoms with E-state index in [1.807, 2.05) is 6.20 Å². The predicted molar refractivity (Wildman–Crippen MR) is 254 cm³/mol. The highest BCUT2D eigenvalue weighted by atomic mass is 15.4. The van der Waals surface area contributed by atoms with Crippen LogP contribution in [0.1, 0.15) is 79.0 Å². The van der Waals surface area contributed by atoms with E-state index in [0.717, 1.165) is 23.5 Å². The first-order valence-corrected chi connectivity index (χ1v) is 21.1. The molecule has 294 valence electrons. The van der Waals surface area contributed by atoms with Crippen LogP contribution in [0.4, 0.5) is 22.7 Å². The number of benzene rings is 6. The smallest absolute Gasteiger partial charge is 0.241 e. The Bertz CT molecular complexity index is 2830.